The molecule has 2 aromatic rings. The molecule has 28 heavy (non-hydrogen) atoms. The zero-order valence-corrected chi connectivity index (χ0v) is 16.5. The third-order valence-electron chi connectivity index (χ3n) is 4.45. The molecular formula is C18H19ClN4O4S. The predicted molar refractivity (Wildman–Crippen MR) is 108 cm³/mol. The standard InChI is InChI=1S/C18H19ClN4O4S/c19-15-10-14(23(26)27)2-3-16(15)20-17(24)11-21-5-1-6-22(8-7-21)18(25)13-4-9-28-12-13/h2-4,9-10,12H,1,5-8,11H2,(H,20,24). The van der Waals surface area contributed by atoms with Crippen molar-refractivity contribution in [3.63, 3.8) is 0 Å². The molecule has 0 unspecified atom stereocenters. The van der Waals surface area contributed by atoms with E-state index >= 15 is 0 Å². The van der Waals surface area contributed by atoms with E-state index in [2.05, 4.69) is 5.32 Å². The summed E-state index contributed by atoms with van der Waals surface area (Å²) in [4.78, 5) is 38.8. The van der Waals surface area contributed by atoms with E-state index in [1.807, 2.05) is 26.6 Å². The Morgan fingerprint density at radius 2 is 2.04 bits per heavy atom. The van der Waals surface area contributed by atoms with Gasteiger partial charge in [-0.15, -0.1) is 0 Å². The van der Waals surface area contributed by atoms with Crippen LogP contribution in [0.5, 0.6) is 0 Å². The van der Waals surface area contributed by atoms with Crippen LogP contribution in [0.2, 0.25) is 5.02 Å². The van der Waals surface area contributed by atoms with Gasteiger partial charge in [0.15, 0.2) is 0 Å². The number of thiophene rings is 1. The Bertz CT molecular complexity index is 874. The number of nitro benzene ring substituents is 1. The molecule has 0 saturated carbocycles. The van der Waals surface area contributed by atoms with E-state index in [9.17, 15) is 19.7 Å². The van der Waals surface area contributed by atoms with Gasteiger partial charge in [-0.1, -0.05) is 11.6 Å². The largest absolute Gasteiger partial charge is 0.337 e. The van der Waals surface area contributed by atoms with Gasteiger partial charge >= 0.3 is 0 Å². The lowest BCUT2D eigenvalue weighted by Gasteiger charge is -2.21. The second-order valence-corrected chi connectivity index (χ2v) is 7.59. The van der Waals surface area contributed by atoms with Crippen LogP contribution in [-0.2, 0) is 4.79 Å². The Labute approximate surface area is 170 Å². The highest BCUT2D eigenvalue weighted by Crippen LogP contribution is 2.26. The Kier molecular flexibility index (Phi) is 6.61. The molecule has 3 rings (SSSR count). The summed E-state index contributed by atoms with van der Waals surface area (Å²) in [5.41, 5.74) is 0.899. The summed E-state index contributed by atoms with van der Waals surface area (Å²) in [7, 11) is 0. The molecule has 0 aliphatic carbocycles. The second kappa shape index (κ2) is 9.13. The molecule has 1 aromatic heterocycles. The quantitative estimate of drug-likeness (QED) is 0.590. The zero-order chi connectivity index (χ0) is 20.1. The average molecular weight is 423 g/mol. The number of benzene rings is 1. The molecule has 1 N–H and O–H groups in total. The van der Waals surface area contributed by atoms with Crippen molar-refractivity contribution < 1.29 is 14.5 Å². The van der Waals surface area contributed by atoms with Crippen LogP contribution in [0.15, 0.2) is 35.0 Å². The first-order valence-corrected chi connectivity index (χ1v) is 10.0. The maximum Gasteiger partial charge on any atom is 0.271 e. The van der Waals surface area contributed by atoms with E-state index in [0.29, 0.717) is 37.4 Å². The molecule has 8 nitrogen and oxygen atoms in total. The van der Waals surface area contributed by atoms with Gasteiger partial charge < -0.3 is 10.2 Å². The van der Waals surface area contributed by atoms with Crippen molar-refractivity contribution in [3.8, 4) is 0 Å². The summed E-state index contributed by atoms with van der Waals surface area (Å²) in [6.07, 6.45) is 0.779. The molecule has 2 amide bonds. The fourth-order valence-electron chi connectivity index (χ4n) is 3.01. The van der Waals surface area contributed by atoms with Gasteiger partial charge in [0.1, 0.15) is 0 Å². The number of anilines is 1. The van der Waals surface area contributed by atoms with Gasteiger partial charge in [0, 0.05) is 43.7 Å². The van der Waals surface area contributed by atoms with Gasteiger partial charge in [0.25, 0.3) is 11.6 Å². The Hall–Kier alpha value is -2.49. The number of non-ortho nitro benzene ring substituents is 1. The van der Waals surface area contributed by atoms with Gasteiger partial charge in [-0.25, -0.2) is 0 Å². The Morgan fingerprint density at radius 3 is 2.71 bits per heavy atom. The van der Waals surface area contributed by atoms with E-state index in [4.69, 9.17) is 11.6 Å². The summed E-state index contributed by atoms with van der Waals surface area (Å²) >= 11 is 7.50. The summed E-state index contributed by atoms with van der Waals surface area (Å²) in [5, 5.41) is 17.3. The number of nitrogens with zero attached hydrogens (tertiary/aromatic N) is 3. The van der Waals surface area contributed by atoms with Crippen molar-refractivity contribution in [2.24, 2.45) is 0 Å². The highest BCUT2D eigenvalue weighted by molar-refractivity contribution is 7.08. The fraction of sp³-hybridized carbons (Fsp3) is 0.333. The van der Waals surface area contributed by atoms with Crippen LogP contribution in [0.4, 0.5) is 11.4 Å². The number of hydrogen-bond donors (Lipinski definition) is 1. The zero-order valence-electron chi connectivity index (χ0n) is 15.0. The number of hydrogen-bond acceptors (Lipinski definition) is 6. The van der Waals surface area contributed by atoms with E-state index in [1.54, 1.807) is 0 Å². The van der Waals surface area contributed by atoms with Crippen molar-refractivity contribution in [1.29, 1.82) is 0 Å². The monoisotopic (exact) mass is 422 g/mol. The number of carbonyl (C=O) groups excluding carboxylic acids is 2. The summed E-state index contributed by atoms with van der Waals surface area (Å²) in [6.45, 7) is 2.67. The van der Waals surface area contributed by atoms with E-state index in [-0.39, 0.29) is 29.1 Å². The SMILES string of the molecule is O=C(CN1CCCN(C(=O)c2ccsc2)CC1)Nc1ccc([N+](=O)[O-])cc1Cl. The lowest BCUT2D eigenvalue weighted by molar-refractivity contribution is -0.384. The first kappa shape index (κ1) is 20.2. The van der Waals surface area contributed by atoms with Crippen molar-refractivity contribution >= 4 is 46.1 Å². The third-order valence-corrected chi connectivity index (χ3v) is 5.44. The average Bonchev–Trinajstić information content (AvgIpc) is 3.10. The minimum Gasteiger partial charge on any atom is -0.337 e. The molecule has 1 fully saturated rings. The predicted octanol–water partition coefficient (Wildman–Crippen LogP) is 3.10. The molecule has 0 bridgehead atoms. The van der Waals surface area contributed by atoms with Crippen LogP contribution in [0.3, 0.4) is 0 Å². The number of halogens is 1. The second-order valence-electron chi connectivity index (χ2n) is 6.40. The van der Waals surface area contributed by atoms with E-state index < -0.39 is 4.92 Å². The van der Waals surface area contributed by atoms with Gasteiger partial charge in [0.2, 0.25) is 5.91 Å². The number of nitro groups is 1. The highest BCUT2D eigenvalue weighted by Gasteiger charge is 2.22. The maximum atomic E-state index is 12.5. The molecule has 0 radical (unpaired) electrons. The number of carbonyl (C=O) groups is 2. The molecule has 10 heteroatoms. The molecule has 1 saturated heterocycles. The Morgan fingerprint density at radius 1 is 1.21 bits per heavy atom. The van der Waals surface area contributed by atoms with Gasteiger partial charge in [-0.3, -0.25) is 24.6 Å². The topological polar surface area (TPSA) is 95.8 Å². The molecule has 1 aliphatic heterocycles. The first-order chi connectivity index (χ1) is 13.4. The molecule has 0 atom stereocenters. The summed E-state index contributed by atoms with van der Waals surface area (Å²) < 4.78 is 0. The van der Waals surface area contributed by atoms with Crippen LogP contribution in [-0.4, -0.2) is 59.3 Å². The Balaban J connectivity index is 1.53. The summed E-state index contributed by atoms with van der Waals surface area (Å²) in [6, 6.07) is 5.73. The minimum atomic E-state index is -0.544. The molecule has 1 aromatic carbocycles. The van der Waals surface area contributed by atoms with Gasteiger partial charge in [-0.2, -0.15) is 11.3 Å². The normalized spacial score (nSPS) is 15.1. The van der Waals surface area contributed by atoms with Crippen LogP contribution < -0.4 is 5.32 Å². The summed E-state index contributed by atoms with van der Waals surface area (Å²) in [5.74, 6) is -0.237. The van der Waals surface area contributed by atoms with Crippen molar-refractivity contribution in [3.05, 3.63) is 55.7 Å². The van der Waals surface area contributed by atoms with Crippen molar-refractivity contribution in [1.82, 2.24) is 9.80 Å². The van der Waals surface area contributed by atoms with Crippen molar-refractivity contribution in [2.75, 3.05) is 38.0 Å². The van der Waals surface area contributed by atoms with E-state index in [1.165, 1.54) is 29.5 Å². The van der Waals surface area contributed by atoms with Gasteiger partial charge in [0.05, 0.1) is 27.7 Å². The van der Waals surface area contributed by atoms with Crippen LogP contribution in [0, 0.1) is 10.1 Å². The lowest BCUT2D eigenvalue weighted by atomic mass is 10.2. The van der Waals surface area contributed by atoms with E-state index in [0.717, 1.165) is 6.42 Å². The molecular weight excluding hydrogens is 404 g/mol. The van der Waals surface area contributed by atoms with Crippen LogP contribution >= 0.6 is 22.9 Å². The van der Waals surface area contributed by atoms with Gasteiger partial charge in [-0.05, 0) is 23.9 Å². The molecule has 148 valence electrons. The minimum absolute atomic E-state index is 0.0187. The molecule has 1 aliphatic rings. The number of rotatable bonds is 5. The van der Waals surface area contributed by atoms with Crippen LogP contribution in [0.1, 0.15) is 16.8 Å². The third kappa shape index (κ3) is 5.06. The van der Waals surface area contributed by atoms with Crippen LogP contribution in [0.25, 0.3) is 0 Å². The number of nitrogens with one attached hydrogen (secondary N) is 1. The fourth-order valence-corrected chi connectivity index (χ4v) is 3.86. The molecule has 2 heterocycles. The lowest BCUT2D eigenvalue weighted by Crippen LogP contribution is -2.38. The van der Waals surface area contributed by atoms with Crippen molar-refractivity contribution in [2.45, 2.75) is 6.42 Å². The number of amides is 2. The molecule has 0 spiro atoms. The highest BCUT2D eigenvalue weighted by atomic mass is 35.5. The first-order valence-electron chi connectivity index (χ1n) is 8.71. The maximum absolute atomic E-state index is 12.5. The smallest absolute Gasteiger partial charge is 0.271 e.